The lowest BCUT2D eigenvalue weighted by molar-refractivity contribution is -0.384. The predicted octanol–water partition coefficient (Wildman–Crippen LogP) is 4.41. The van der Waals surface area contributed by atoms with Crippen LogP contribution in [0, 0.1) is 15.9 Å². The maximum atomic E-state index is 14.1. The third-order valence-electron chi connectivity index (χ3n) is 4.86. The van der Waals surface area contributed by atoms with Crippen LogP contribution in [0.4, 0.5) is 15.8 Å². The molecule has 29 heavy (non-hydrogen) atoms. The van der Waals surface area contributed by atoms with Crippen molar-refractivity contribution in [2.45, 2.75) is 36.1 Å². The largest absolute Gasteiger partial charge is 0.373 e. The Labute approximate surface area is 173 Å². The monoisotopic (exact) mass is 439 g/mol. The molecule has 0 saturated carbocycles. The zero-order chi connectivity index (χ0) is 21.2. The summed E-state index contributed by atoms with van der Waals surface area (Å²) >= 11 is 1.42. The summed E-state index contributed by atoms with van der Waals surface area (Å²) in [5.41, 5.74) is 0.630. The molecular weight excluding hydrogens is 417 g/mol. The summed E-state index contributed by atoms with van der Waals surface area (Å²) in [7, 11) is -3.81. The number of nitro groups is 1. The fraction of sp³-hybridized carbons (Fsp3) is 0.368. The summed E-state index contributed by atoms with van der Waals surface area (Å²) in [5.74, 6) is 0.363. The summed E-state index contributed by atoms with van der Waals surface area (Å²) < 4.78 is 40.8. The van der Waals surface area contributed by atoms with E-state index in [0.29, 0.717) is 17.1 Å². The van der Waals surface area contributed by atoms with E-state index < -0.39 is 14.9 Å². The average molecular weight is 440 g/mol. The van der Waals surface area contributed by atoms with Crippen molar-refractivity contribution < 1.29 is 17.7 Å². The highest BCUT2D eigenvalue weighted by Gasteiger charge is 2.28. The van der Waals surface area contributed by atoms with E-state index in [9.17, 15) is 22.9 Å². The third kappa shape index (κ3) is 4.24. The van der Waals surface area contributed by atoms with Gasteiger partial charge >= 0.3 is 0 Å². The Bertz CT molecular complexity index is 1030. The Balaban J connectivity index is 1.98. The van der Waals surface area contributed by atoms with Gasteiger partial charge in [0.1, 0.15) is 11.5 Å². The van der Waals surface area contributed by atoms with E-state index in [4.69, 9.17) is 0 Å². The number of hydrogen-bond donors (Lipinski definition) is 1. The van der Waals surface area contributed by atoms with Gasteiger partial charge < -0.3 is 5.32 Å². The van der Waals surface area contributed by atoms with Crippen LogP contribution in [-0.2, 0) is 10.0 Å². The van der Waals surface area contributed by atoms with Crippen molar-refractivity contribution in [3.63, 3.8) is 0 Å². The summed E-state index contributed by atoms with van der Waals surface area (Å²) in [6, 6.07) is 8.37. The number of anilines is 1. The van der Waals surface area contributed by atoms with E-state index >= 15 is 0 Å². The average Bonchev–Trinajstić information content (AvgIpc) is 2.69. The van der Waals surface area contributed by atoms with Crippen molar-refractivity contribution in [3.05, 3.63) is 57.9 Å². The van der Waals surface area contributed by atoms with Gasteiger partial charge in [0.25, 0.3) is 5.69 Å². The fourth-order valence-corrected chi connectivity index (χ4v) is 6.00. The Morgan fingerprint density at radius 3 is 2.66 bits per heavy atom. The molecule has 7 nitrogen and oxygen atoms in total. The number of hydrogen-bond acceptors (Lipinski definition) is 6. The van der Waals surface area contributed by atoms with Crippen molar-refractivity contribution in [1.82, 2.24) is 4.31 Å². The van der Waals surface area contributed by atoms with Gasteiger partial charge in [-0.3, -0.25) is 10.1 Å². The Hall–Kier alpha value is -2.17. The second-order valence-electron chi connectivity index (χ2n) is 6.52. The summed E-state index contributed by atoms with van der Waals surface area (Å²) in [4.78, 5) is 11.5. The molecule has 156 valence electrons. The maximum absolute atomic E-state index is 14.1. The molecule has 1 unspecified atom stereocenters. The lowest BCUT2D eigenvalue weighted by Crippen LogP contribution is -2.30. The smallest absolute Gasteiger partial charge is 0.293 e. The van der Waals surface area contributed by atoms with Gasteiger partial charge in [0.2, 0.25) is 10.0 Å². The van der Waals surface area contributed by atoms with Crippen LogP contribution in [0.5, 0.6) is 0 Å². The van der Waals surface area contributed by atoms with E-state index in [2.05, 4.69) is 5.32 Å². The van der Waals surface area contributed by atoms with Crippen LogP contribution in [-0.4, -0.2) is 36.5 Å². The summed E-state index contributed by atoms with van der Waals surface area (Å²) in [5, 5.41) is 14.8. The van der Waals surface area contributed by atoms with Crippen LogP contribution >= 0.6 is 11.8 Å². The molecule has 1 aliphatic heterocycles. The molecule has 1 aliphatic rings. The van der Waals surface area contributed by atoms with Gasteiger partial charge in [-0.2, -0.15) is 4.31 Å². The molecular formula is C19H22FN3O4S2. The maximum Gasteiger partial charge on any atom is 0.293 e. The normalized spacial score (nSPS) is 16.5. The standard InChI is InChI=1S/C19H22FN3O4S2/c1-3-22(4-2)29(26,27)13-8-9-17(18(12-13)23(24)25)21-16-10-11-28-19-14(16)6-5-7-15(19)20/h5-9,12,16,21H,3-4,10-11H2,1-2H3. The number of fused-ring (bicyclic) bond motifs is 1. The van der Waals surface area contributed by atoms with Gasteiger partial charge in [0.05, 0.1) is 15.9 Å². The molecule has 1 N–H and O–H groups in total. The molecule has 10 heteroatoms. The van der Waals surface area contributed by atoms with Gasteiger partial charge in [-0.15, -0.1) is 11.8 Å². The Morgan fingerprint density at radius 2 is 2.00 bits per heavy atom. The fourth-order valence-electron chi connectivity index (χ4n) is 3.38. The molecule has 2 aromatic carbocycles. The van der Waals surface area contributed by atoms with E-state index in [0.717, 1.165) is 11.6 Å². The molecule has 0 aromatic heterocycles. The quantitative estimate of drug-likeness (QED) is 0.507. The van der Waals surface area contributed by atoms with Crippen LogP contribution < -0.4 is 5.32 Å². The van der Waals surface area contributed by atoms with Crippen molar-refractivity contribution in [2.75, 3.05) is 24.2 Å². The van der Waals surface area contributed by atoms with Crippen molar-refractivity contribution in [2.24, 2.45) is 0 Å². The molecule has 0 bridgehead atoms. The first-order valence-electron chi connectivity index (χ1n) is 9.25. The molecule has 0 fully saturated rings. The lowest BCUT2D eigenvalue weighted by Gasteiger charge is -2.27. The third-order valence-corrected chi connectivity index (χ3v) is 8.07. The molecule has 0 radical (unpaired) electrons. The number of nitrogens with zero attached hydrogens (tertiary/aromatic N) is 2. The van der Waals surface area contributed by atoms with Gasteiger partial charge in [-0.25, -0.2) is 12.8 Å². The zero-order valence-electron chi connectivity index (χ0n) is 16.1. The van der Waals surface area contributed by atoms with Gasteiger partial charge in [-0.1, -0.05) is 26.0 Å². The van der Waals surface area contributed by atoms with Crippen molar-refractivity contribution in [3.8, 4) is 0 Å². The first kappa shape index (κ1) is 21.5. The minimum atomic E-state index is -3.81. The van der Waals surface area contributed by atoms with Crippen LogP contribution in [0.25, 0.3) is 0 Å². The van der Waals surface area contributed by atoms with Gasteiger partial charge in [0, 0.05) is 29.8 Å². The van der Waals surface area contributed by atoms with Crippen molar-refractivity contribution in [1.29, 1.82) is 0 Å². The first-order valence-corrected chi connectivity index (χ1v) is 11.7. The topological polar surface area (TPSA) is 92.6 Å². The van der Waals surface area contributed by atoms with Crippen LogP contribution in [0.2, 0.25) is 0 Å². The number of halogens is 1. The molecule has 1 atom stereocenters. The number of rotatable bonds is 7. The van der Waals surface area contributed by atoms with Crippen LogP contribution in [0.15, 0.2) is 46.2 Å². The highest BCUT2D eigenvalue weighted by atomic mass is 32.2. The number of thioether (sulfide) groups is 1. The van der Waals surface area contributed by atoms with Crippen LogP contribution in [0.1, 0.15) is 31.9 Å². The Kier molecular flexibility index (Phi) is 6.45. The molecule has 1 heterocycles. The van der Waals surface area contributed by atoms with E-state index in [1.54, 1.807) is 26.0 Å². The summed E-state index contributed by atoms with van der Waals surface area (Å²) in [6.45, 7) is 3.97. The van der Waals surface area contributed by atoms with E-state index in [-0.39, 0.29) is 41.2 Å². The van der Waals surface area contributed by atoms with Crippen LogP contribution in [0.3, 0.4) is 0 Å². The number of nitrogens with one attached hydrogen (secondary N) is 1. The van der Waals surface area contributed by atoms with E-state index in [1.807, 2.05) is 0 Å². The molecule has 3 rings (SSSR count). The van der Waals surface area contributed by atoms with Gasteiger partial charge in [0.15, 0.2) is 0 Å². The molecule has 0 aliphatic carbocycles. The Morgan fingerprint density at radius 1 is 1.28 bits per heavy atom. The van der Waals surface area contributed by atoms with E-state index in [1.165, 1.54) is 34.3 Å². The highest BCUT2D eigenvalue weighted by Crippen LogP contribution is 2.41. The lowest BCUT2D eigenvalue weighted by atomic mass is 10.0. The molecule has 0 saturated heterocycles. The minimum Gasteiger partial charge on any atom is -0.373 e. The first-order chi connectivity index (χ1) is 13.8. The van der Waals surface area contributed by atoms with Crippen molar-refractivity contribution >= 4 is 33.2 Å². The number of benzene rings is 2. The summed E-state index contributed by atoms with van der Waals surface area (Å²) in [6.07, 6.45) is 0.664. The SMILES string of the molecule is CCN(CC)S(=O)(=O)c1ccc(NC2CCSc3c(F)cccc32)c([N+](=O)[O-])c1. The predicted molar refractivity (Wildman–Crippen MR) is 111 cm³/mol. The molecule has 0 spiro atoms. The molecule has 0 amide bonds. The highest BCUT2D eigenvalue weighted by molar-refractivity contribution is 7.99. The second kappa shape index (κ2) is 8.68. The zero-order valence-corrected chi connectivity index (χ0v) is 17.7. The number of sulfonamides is 1. The number of nitro benzene ring substituents is 1. The molecule has 2 aromatic rings. The second-order valence-corrected chi connectivity index (χ2v) is 9.56. The van der Waals surface area contributed by atoms with Gasteiger partial charge in [-0.05, 0) is 30.2 Å². The minimum absolute atomic E-state index is 0.121.